The van der Waals surface area contributed by atoms with Gasteiger partial charge in [-0.3, -0.25) is 14.6 Å². The maximum Gasteiger partial charge on any atom is 0.245 e. The second-order valence-electron chi connectivity index (χ2n) is 4.84. The van der Waals surface area contributed by atoms with Crippen molar-refractivity contribution in [3.63, 3.8) is 0 Å². The first-order chi connectivity index (χ1) is 9.11. The molecule has 2 amide bonds. The molecule has 2 heterocycles. The maximum atomic E-state index is 12.3. The quantitative estimate of drug-likeness (QED) is 0.883. The molecule has 1 aromatic rings. The molecule has 19 heavy (non-hydrogen) atoms. The van der Waals surface area contributed by atoms with Crippen molar-refractivity contribution in [1.29, 1.82) is 0 Å². The number of nitrogens with zero attached hydrogens (tertiary/aromatic N) is 2. The number of aromatic nitrogens is 1. The van der Waals surface area contributed by atoms with Gasteiger partial charge in [0.1, 0.15) is 6.04 Å². The van der Waals surface area contributed by atoms with Crippen LogP contribution < -0.4 is 5.32 Å². The van der Waals surface area contributed by atoms with Crippen molar-refractivity contribution in [3.8, 4) is 0 Å². The lowest BCUT2D eigenvalue weighted by Gasteiger charge is -2.24. The van der Waals surface area contributed by atoms with Gasteiger partial charge in [0.2, 0.25) is 11.8 Å². The fourth-order valence-electron chi connectivity index (χ4n) is 2.20. The van der Waals surface area contributed by atoms with Crippen LogP contribution in [0.3, 0.4) is 0 Å². The summed E-state index contributed by atoms with van der Waals surface area (Å²) in [6.45, 7) is 4.89. The minimum atomic E-state index is -0.396. The summed E-state index contributed by atoms with van der Waals surface area (Å²) in [6.07, 6.45) is 4.50. The number of hydrogen-bond donors (Lipinski definition) is 1. The van der Waals surface area contributed by atoms with Gasteiger partial charge in [0.25, 0.3) is 0 Å². The normalized spacial score (nSPS) is 20.1. The second-order valence-corrected chi connectivity index (χ2v) is 4.84. The summed E-state index contributed by atoms with van der Waals surface area (Å²) in [6, 6.07) is 1.53. The van der Waals surface area contributed by atoms with Gasteiger partial charge in [0.15, 0.2) is 0 Å². The van der Waals surface area contributed by atoms with E-state index < -0.39 is 6.04 Å². The lowest BCUT2D eigenvalue weighted by molar-refractivity contribution is -0.134. The highest BCUT2D eigenvalue weighted by molar-refractivity contribution is 5.89. The predicted octanol–water partition coefficient (Wildman–Crippen LogP) is 1.02. The molecule has 2 rings (SSSR count). The maximum absolute atomic E-state index is 12.3. The van der Waals surface area contributed by atoms with Gasteiger partial charge in [-0.25, -0.2) is 0 Å². The smallest absolute Gasteiger partial charge is 0.245 e. The number of rotatable bonds is 3. The summed E-state index contributed by atoms with van der Waals surface area (Å²) in [4.78, 5) is 29.7. The minimum absolute atomic E-state index is 0.00315. The van der Waals surface area contributed by atoms with Crippen LogP contribution in [0, 0.1) is 6.92 Å². The molecule has 5 nitrogen and oxygen atoms in total. The zero-order valence-corrected chi connectivity index (χ0v) is 11.3. The van der Waals surface area contributed by atoms with Crippen LogP contribution in [-0.2, 0) is 16.1 Å². The third-order valence-corrected chi connectivity index (χ3v) is 3.47. The molecule has 1 fully saturated rings. The molecule has 0 aromatic carbocycles. The average Bonchev–Trinajstić information content (AvgIpc) is 2.54. The standard InChI is InChI=1S/C14H19N3O2/c1-3-12-14(19)17(7-5-13(18)16-12)9-11-8-15-6-4-10(11)2/h4,6,8,12H,3,5,7,9H2,1-2H3,(H,16,18). The number of hydrogen-bond acceptors (Lipinski definition) is 3. The first-order valence-electron chi connectivity index (χ1n) is 6.59. The number of nitrogens with one attached hydrogen (secondary N) is 1. The van der Waals surface area contributed by atoms with E-state index >= 15 is 0 Å². The van der Waals surface area contributed by atoms with E-state index in [9.17, 15) is 9.59 Å². The molecule has 5 heteroatoms. The molecule has 1 aliphatic rings. The Morgan fingerprint density at radius 3 is 2.95 bits per heavy atom. The molecule has 1 N–H and O–H groups in total. The van der Waals surface area contributed by atoms with Gasteiger partial charge in [-0.2, -0.15) is 0 Å². The first-order valence-corrected chi connectivity index (χ1v) is 6.59. The van der Waals surface area contributed by atoms with Crippen LogP contribution in [0.1, 0.15) is 30.9 Å². The molecule has 0 radical (unpaired) electrons. The molecule has 102 valence electrons. The molecular weight excluding hydrogens is 242 g/mol. The van der Waals surface area contributed by atoms with Gasteiger partial charge in [0.05, 0.1) is 0 Å². The van der Waals surface area contributed by atoms with Crippen molar-refractivity contribution in [1.82, 2.24) is 15.2 Å². The fraction of sp³-hybridized carbons (Fsp3) is 0.500. The van der Waals surface area contributed by atoms with E-state index in [1.165, 1.54) is 0 Å². The van der Waals surface area contributed by atoms with Crippen LogP contribution in [-0.4, -0.2) is 34.3 Å². The van der Waals surface area contributed by atoms with E-state index in [0.717, 1.165) is 11.1 Å². The largest absolute Gasteiger partial charge is 0.344 e. The lowest BCUT2D eigenvalue weighted by Crippen LogP contribution is -2.44. The summed E-state index contributed by atoms with van der Waals surface area (Å²) < 4.78 is 0. The number of carbonyl (C=O) groups is 2. The molecule has 1 aliphatic heterocycles. The highest BCUT2D eigenvalue weighted by atomic mass is 16.2. The number of aryl methyl sites for hydroxylation is 1. The van der Waals surface area contributed by atoms with Crippen molar-refractivity contribution in [2.24, 2.45) is 0 Å². The van der Waals surface area contributed by atoms with Crippen LogP contribution >= 0.6 is 0 Å². The van der Waals surface area contributed by atoms with Crippen LogP contribution in [0.5, 0.6) is 0 Å². The molecular formula is C14H19N3O2. The van der Waals surface area contributed by atoms with Gasteiger partial charge in [0, 0.05) is 31.9 Å². The zero-order valence-electron chi connectivity index (χ0n) is 11.3. The van der Waals surface area contributed by atoms with E-state index in [-0.39, 0.29) is 11.8 Å². The highest BCUT2D eigenvalue weighted by Crippen LogP contribution is 2.13. The molecule has 1 unspecified atom stereocenters. The van der Waals surface area contributed by atoms with Crippen molar-refractivity contribution < 1.29 is 9.59 Å². The summed E-state index contributed by atoms with van der Waals surface area (Å²) in [5.74, 6) is -0.0535. The highest BCUT2D eigenvalue weighted by Gasteiger charge is 2.28. The first kappa shape index (κ1) is 13.5. The van der Waals surface area contributed by atoms with Gasteiger partial charge in [-0.15, -0.1) is 0 Å². The summed E-state index contributed by atoms with van der Waals surface area (Å²) >= 11 is 0. The van der Waals surface area contributed by atoms with Crippen molar-refractivity contribution >= 4 is 11.8 Å². The molecule has 1 atom stereocenters. The minimum Gasteiger partial charge on any atom is -0.344 e. The Bertz CT molecular complexity index is 487. The summed E-state index contributed by atoms with van der Waals surface area (Å²) in [5.41, 5.74) is 2.14. The Hall–Kier alpha value is -1.91. The van der Waals surface area contributed by atoms with Crippen LogP contribution in [0.25, 0.3) is 0 Å². The Morgan fingerprint density at radius 2 is 2.26 bits per heavy atom. The van der Waals surface area contributed by atoms with Crippen LogP contribution in [0.4, 0.5) is 0 Å². The Morgan fingerprint density at radius 1 is 1.47 bits per heavy atom. The van der Waals surface area contributed by atoms with Crippen LogP contribution in [0.15, 0.2) is 18.5 Å². The monoisotopic (exact) mass is 261 g/mol. The Labute approximate surface area is 113 Å². The van der Waals surface area contributed by atoms with Crippen molar-refractivity contribution in [2.75, 3.05) is 6.54 Å². The molecule has 0 aliphatic carbocycles. The van der Waals surface area contributed by atoms with E-state index in [1.54, 1.807) is 17.3 Å². The topological polar surface area (TPSA) is 62.3 Å². The van der Waals surface area contributed by atoms with Gasteiger partial charge in [-0.1, -0.05) is 6.92 Å². The lowest BCUT2D eigenvalue weighted by atomic mass is 10.1. The Balaban J connectivity index is 2.16. The number of pyridine rings is 1. The van der Waals surface area contributed by atoms with Gasteiger partial charge >= 0.3 is 0 Å². The van der Waals surface area contributed by atoms with E-state index in [4.69, 9.17) is 0 Å². The molecule has 1 saturated heterocycles. The Kier molecular flexibility index (Phi) is 4.14. The van der Waals surface area contributed by atoms with Gasteiger partial charge in [-0.05, 0) is 30.5 Å². The van der Waals surface area contributed by atoms with E-state index in [1.807, 2.05) is 19.9 Å². The van der Waals surface area contributed by atoms with E-state index in [2.05, 4.69) is 10.3 Å². The fourth-order valence-corrected chi connectivity index (χ4v) is 2.20. The number of carbonyl (C=O) groups excluding carboxylic acids is 2. The van der Waals surface area contributed by atoms with Crippen molar-refractivity contribution in [2.45, 2.75) is 39.3 Å². The predicted molar refractivity (Wildman–Crippen MR) is 71.2 cm³/mol. The van der Waals surface area contributed by atoms with Crippen LogP contribution in [0.2, 0.25) is 0 Å². The third kappa shape index (κ3) is 3.10. The molecule has 0 bridgehead atoms. The summed E-state index contributed by atoms with van der Waals surface area (Å²) in [5, 5.41) is 2.76. The average molecular weight is 261 g/mol. The molecule has 0 saturated carbocycles. The van der Waals surface area contributed by atoms with Gasteiger partial charge < -0.3 is 10.2 Å². The third-order valence-electron chi connectivity index (χ3n) is 3.47. The SMILES string of the molecule is CCC1NC(=O)CCN(Cc2cnccc2C)C1=O. The molecule has 1 aromatic heterocycles. The number of amides is 2. The molecule has 0 spiro atoms. The zero-order chi connectivity index (χ0) is 13.8. The van der Waals surface area contributed by atoms with Crippen molar-refractivity contribution in [3.05, 3.63) is 29.6 Å². The van der Waals surface area contributed by atoms with E-state index in [0.29, 0.717) is 25.9 Å². The second kappa shape index (κ2) is 5.82. The summed E-state index contributed by atoms with van der Waals surface area (Å²) in [7, 11) is 0.